The van der Waals surface area contributed by atoms with Crippen molar-refractivity contribution in [3.63, 3.8) is 0 Å². The molecular weight excluding hydrogens is 214 g/mol. The first-order valence-corrected chi connectivity index (χ1v) is 4.85. The topological polar surface area (TPSA) is 126 Å². The van der Waals surface area contributed by atoms with E-state index in [4.69, 9.17) is 5.11 Å². The highest BCUT2D eigenvalue weighted by Gasteiger charge is 2.41. The van der Waals surface area contributed by atoms with Gasteiger partial charge < -0.3 is 25.8 Å². The van der Waals surface area contributed by atoms with E-state index in [0.29, 0.717) is 6.54 Å². The van der Waals surface area contributed by atoms with E-state index in [1.165, 1.54) is 0 Å². The molecule has 0 aromatic rings. The van der Waals surface area contributed by atoms with Gasteiger partial charge in [-0.15, -0.1) is 0 Å². The number of nitrogens with two attached hydrogens (primary N) is 1. The molecule has 0 amide bonds. The molecule has 3 atom stereocenters. The fourth-order valence-electron chi connectivity index (χ4n) is 2.20. The minimum atomic E-state index is -1.19. The quantitative estimate of drug-likeness (QED) is 0.505. The third-order valence-electron chi connectivity index (χ3n) is 2.94. The van der Waals surface area contributed by atoms with Crippen molar-refractivity contribution in [2.75, 3.05) is 6.54 Å². The molecule has 0 unspecified atom stereocenters. The van der Waals surface area contributed by atoms with Crippen LogP contribution >= 0.6 is 0 Å². The van der Waals surface area contributed by atoms with Crippen molar-refractivity contribution in [2.45, 2.75) is 19.4 Å². The van der Waals surface area contributed by atoms with Gasteiger partial charge in [0, 0.05) is 11.8 Å². The average Bonchev–Trinajstić information content (AvgIpc) is 2.46. The van der Waals surface area contributed by atoms with Crippen molar-refractivity contribution in [2.24, 2.45) is 11.8 Å². The summed E-state index contributed by atoms with van der Waals surface area (Å²) in [5, 5.41) is 21.1. The second-order valence-electron chi connectivity index (χ2n) is 4.03. The van der Waals surface area contributed by atoms with Gasteiger partial charge in [-0.1, -0.05) is 12.2 Å². The molecule has 1 saturated heterocycles. The second-order valence-corrected chi connectivity index (χ2v) is 4.03. The lowest BCUT2D eigenvalue weighted by Gasteiger charge is -2.19. The van der Waals surface area contributed by atoms with Gasteiger partial charge in [0.15, 0.2) is 0 Å². The molecule has 0 saturated carbocycles. The van der Waals surface area contributed by atoms with Crippen molar-refractivity contribution in [3.05, 3.63) is 12.2 Å². The first kappa shape index (κ1) is 14.6. The monoisotopic (exact) mass is 231 g/mol. The van der Waals surface area contributed by atoms with Crippen molar-refractivity contribution in [1.82, 2.24) is 0 Å². The lowest BCUT2D eigenvalue weighted by Crippen LogP contribution is -2.90. The predicted molar refractivity (Wildman–Crippen MR) is 53.2 cm³/mol. The van der Waals surface area contributed by atoms with Crippen LogP contribution in [0.5, 0.6) is 0 Å². The molecule has 0 spiro atoms. The van der Waals surface area contributed by atoms with Crippen LogP contribution in [0.2, 0.25) is 0 Å². The van der Waals surface area contributed by atoms with Crippen molar-refractivity contribution >= 4 is 11.9 Å². The number of quaternary nitrogens is 1. The summed E-state index contributed by atoms with van der Waals surface area (Å²) in [5.41, 5.74) is 0.834. The van der Waals surface area contributed by atoms with Crippen LogP contribution in [0.25, 0.3) is 0 Å². The van der Waals surface area contributed by atoms with Crippen LogP contribution in [0.4, 0.5) is 0 Å². The number of carbonyl (C=O) groups excluding carboxylic acids is 1. The van der Waals surface area contributed by atoms with Gasteiger partial charge in [-0.3, -0.25) is 4.79 Å². The van der Waals surface area contributed by atoms with Gasteiger partial charge in [-0.05, 0) is 6.92 Å². The lowest BCUT2D eigenvalue weighted by atomic mass is 9.84. The minimum Gasteiger partial charge on any atom is -0.544 e. The Bertz CT molecular complexity index is 280. The van der Waals surface area contributed by atoms with E-state index < -0.39 is 23.9 Å². The molecule has 0 aromatic heterocycles. The Labute approximate surface area is 93.3 Å². The Morgan fingerprint density at radius 2 is 2.12 bits per heavy atom. The van der Waals surface area contributed by atoms with E-state index in [2.05, 4.69) is 6.58 Å². The molecule has 0 aliphatic carbocycles. The third kappa shape index (κ3) is 3.04. The van der Waals surface area contributed by atoms with E-state index in [9.17, 15) is 14.7 Å². The maximum Gasteiger partial charge on any atom is 0.303 e. The van der Waals surface area contributed by atoms with E-state index in [1.807, 2.05) is 0 Å². The van der Waals surface area contributed by atoms with Crippen molar-refractivity contribution < 1.29 is 30.6 Å². The molecule has 16 heavy (non-hydrogen) atoms. The zero-order valence-corrected chi connectivity index (χ0v) is 9.10. The summed E-state index contributed by atoms with van der Waals surface area (Å²) in [5.74, 6) is -2.63. The van der Waals surface area contributed by atoms with Gasteiger partial charge in [0.1, 0.15) is 6.04 Å². The van der Waals surface area contributed by atoms with Gasteiger partial charge in [-0.25, -0.2) is 0 Å². The number of rotatable bonds is 4. The van der Waals surface area contributed by atoms with Crippen molar-refractivity contribution in [1.29, 1.82) is 0 Å². The van der Waals surface area contributed by atoms with Crippen LogP contribution < -0.4 is 10.4 Å². The normalized spacial score (nSPS) is 28.2. The van der Waals surface area contributed by atoms with E-state index >= 15 is 0 Å². The van der Waals surface area contributed by atoms with Gasteiger partial charge in [0.25, 0.3) is 0 Å². The van der Waals surface area contributed by atoms with Crippen LogP contribution in [0.15, 0.2) is 12.2 Å². The van der Waals surface area contributed by atoms with Gasteiger partial charge >= 0.3 is 5.97 Å². The van der Waals surface area contributed by atoms with Crippen LogP contribution in [0.1, 0.15) is 13.3 Å². The Kier molecular flexibility index (Phi) is 5.13. The lowest BCUT2D eigenvalue weighted by molar-refractivity contribution is -0.668. The number of carboxylic acid groups (broad SMARTS) is 2. The predicted octanol–water partition coefficient (Wildman–Crippen LogP) is -2.86. The molecular formula is C10H17NO5. The van der Waals surface area contributed by atoms with Crippen LogP contribution in [-0.2, 0) is 9.59 Å². The highest BCUT2D eigenvalue weighted by Crippen LogP contribution is 2.26. The molecule has 0 radical (unpaired) electrons. The Hall–Kier alpha value is -1.40. The molecule has 92 valence electrons. The molecule has 0 bridgehead atoms. The van der Waals surface area contributed by atoms with Gasteiger partial charge in [0.2, 0.25) is 0 Å². The molecule has 1 aliphatic rings. The number of aliphatic carboxylic acids is 2. The largest absolute Gasteiger partial charge is 0.544 e. The van der Waals surface area contributed by atoms with Crippen LogP contribution in [-0.4, -0.2) is 35.1 Å². The first-order chi connectivity index (χ1) is 6.93. The molecule has 1 fully saturated rings. The second kappa shape index (κ2) is 5.62. The fraction of sp³-hybridized carbons (Fsp3) is 0.600. The molecule has 5 N–H and O–H groups in total. The number of hydrogen-bond donors (Lipinski definition) is 2. The van der Waals surface area contributed by atoms with E-state index in [0.717, 1.165) is 5.57 Å². The molecule has 0 aromatic carbocycles. The summed E-state index contributed by atoms with van der Waals surface area (Å²) in [4.78, 5) is 21.4. The van der Waals surface area contributed by atoms with E-state index in [-0.39, 0.29) is 17.8 Å². The minimum absolute atomic E-state index is 0. The molecule has 1 rings (SSSR count). The number of carbonyl (C=O) groups is 2. The Morgan fingerprint density at radius 1 is 1.56 bits per heavy atom. The molecule has 6 nitrogen and oxygen atoms in total. The third-order valence-corrected chi connectivity index (χ3v) is 2.94. The highest BCUT2D eigenvalue weighted by molar-refractivity contribution is 5.73. The smallest absolute Gasteiger partial charge is 0.303 e. The zero-order valence-electron chi connectivity index (χ0n) is 9.10. The van der Waals surface area contributed by atoms with Crippen LogP contribution in [0.3, 0.4) is 0 Å². The maximum atomic E-state index is 10.8. The summed E-state index contributed by atoms with van der Waals surface area (Å²) < 4.78 is 0. The van der Waals surface area contributed by atoms with Gasteiger partial charge in [0.05, 0.1) is 18.9 Å². The maximum absolute atomic E-state index is 10.8. The molecule has 1 aliphatic heterocycles. The van der Waals surface area contributed by atoms with E-state index in [1.54, 1.807) is 12.2 Å². The summed E-state index contributed by atoms with van der Waals surface area (Å²) in [6, 6.07) is -0.761. The zero-order chi connectivity index (χ0) is 11.6. The average molecular weight is 231 g/mol. The summed E-state index contributed by atoms with van der Waals surface area (Å²) in [6.07, 6.45) is -0.146. The standard InChI is InChI=1S/C10H15NO4.H2O/c1-5(2)7-4-11-9(10(14)15)6(7)3-8(12)13;/h6-7,9,11H,1,3-4H2,2H3,(H,12,13)(H,14,15);1H2/t6-,7-,9+;/m0./s1. The summed E-state index contributed by atoms with van der Waals surface area (Å²) >= 11 is 0. The van der Waals surface area contributed by atoms with Crippen LogP contribution in [0, 0.1) is 11.8 Å². The molecule has 6 heteroatoms. The Balaban J connectivity index is 0.00000225. The SMILES string of the molecule is C=C(C)[C@@H]1C[NH2+][C@@H](C(=O)[O-])[C@H]1CC(=O)O.O. The van der Waals surface area contributed by atoms with Crippen molar-refractivity contribution in [3.8, 4) is 0 Å². The van der Waals surface area contributed by atoms with Gasteiger partial charge in [-0.2, -0.15) is 0 Å². The number of hydrogen-bond acceptors (Lipinski definition) is 3. The fourth-order valence-corrected chi connectivity index (χ4v) is 2.20. The summed E-state index contributed by atoms with van der Waals surface area (Å²) in [7, 11) is 0. The Morgan fingerprint density at radius 3 is 2.50 bits per heavy atom. The number of carboxylic acids is 2. The summed E-state index contributed by atoms with van der Waals surface area (Å²) in [6.45, 7) is 6.13. The first-order valence-electron chi connectivity index (χ1n) is 4.85. The highest BCUT2D eigenvalue weighted by atomic mass is 16.4. The molecule has 1 heterocycles.